The molecule has 1 aliphatic rings. The smallest absolute Gasteiger partial charge is 0.409 e. The van der Waals surface area contributed by atoms with Crippen molar-refractivity contribution in [2.24, 2.45) is 0 Å². The second-order valence-electron chi connectivity index (χ2n) is 3.08. The summed E-state index contributed by atoms with van der Waals surface area (Å²) < 4.78 is 4.79. The van der Waals surface area contributed by atoms with Gasteiger partial charge in [-0.1, -0.05) is 19.3 Å². The Morgan fingerprint density at radius 3 is 2.47 bits per heavy atom. The topological polar surface area (TPSA) is 71.5 Å². The van der Waals surface area contributed by atoms with Crippen molar-refractivity contribution in [2.75, 3.05) is 12.4 Å². The van der Waals surface area contributed by atoms with Crippen LogP contribution in [0, 0.1) is 0 Å². The number of methoxy groups -OCH3 is 1. The van der Waals surface area contributed by atoms with Gasteiger partial charge in [0.05, 0.1) is 19.0 Å². The first kappa shape index (κ1) is 11.3. The number of rotatable bonds is 2. The van der Waals surface area contributed by atoms with Gasteiger partial charge in [-0.2, -0.15) is 0 Å². The molecule has 82 valence electrons. The predicted octanol–water partition coefficient (Wildman–Crippen LogP) is 2.35. The van der Waals surface area contributed by atoms with E-state index < -0.39 is 6.09 Å². The maximum atomic E-state index is 10.2. The maximum absolute atomic E-state index is 10.2. The first-order valence-corrected chi connectivity index (χ1v) is 4.72. The lowest BCUT2D eigenvalue weighted by Gasteiger charge is -2.00. The highest BCUT2D eigenvalue weighted by atomic mass is 16.5. The molecule has 1 aromatic rings. The van der Waals surface area contributed by atoms with E-state index in [1.165, 1.54) is 32.6 Å². The molecule has 0 bridgehead atoms. The van der Waals surface area contributed by atoms with E-state index in [0.717, 1.165) is 0 Å². The number of anilines is 1. The van der Waals surface area contributed by atoms with Crippen LogP contribution >= 0.6 is 0 Å². The van der Waals surface area contributed by atoms with Gasteiger partial charge in [-0.05, 0) is 6.07 Å². The molecule has 15 heavy (non-hydrogen) atoms. The van der Waals surface area contributed by atoms with Gasteiger partial charge < -0.3 is 9.84 Å². The number of nitrogens with zero attached hydrogens (tertiary/aromatic N) is 1. The van der Waals surface area contributed by atoms with Gasteiger partial charge in [-0.25, -0.2) is 9.78 Å². The van der Waals surface area contributed by atoms with Crippen LogP contribution in [0.1, 0.15) is 19.3 Å². The summed E-state index contributed by atoms with van der Waals surface area (Å²) in [5.41, 5.74) is 0.420. The van der Waals surface area contributed by atoms with Gasteiger partial charge in [-0.15, -0.1) is 0 Å². The zero-order chi connectivity index (χ0) is 11.1. The van der Waals surface area contributed by atoms with Crippen LogP contribution < -0.4 is 10.1 Å². The van der Waals surface area contributed by atoms with E-state index in [2.05, 4.69) is 10.3 Å². The molecule has 1 amide bonds. The highest BCUT2D eigenvalue weighted by molar-refractivity contribution is 5.82. The molecule has 0 unspecified atom stereocenters. The maximum Gasteiger partial charge on any atom is 0.409 e. The van der Waals surface area contributed by atoms with Crippen LogP contribution in [0.3, 0.4) is 0 Å². The fourth-order valence-corrected chi connectivity index (χ4v) is 0.698. The Hall–Kier alpha value is -1.78. The number of nitrogens with one attached hydrogen (secondary N) is 1. The lowest BCUT2D eigenvalue weighted by molar-refractivity contribution is 0.209. The van der Waals surface area contributed by atoms with Crippen LogP contribution in [-0.4, -0.2) is 23.3 Å². The zero-order valence-corrected chi connectivity index (χ0v) is 8.56. The fraction of sp³-hybridized carbons (Fsp3) is 0.400. The zero-order valence-electron chi connectivity index (χ0n) is 8.56. The highest BCUT2D eigenvalue weighted by Crippen LogP contribution is 2.14. The van der Waals surface area contributed by atoms with E-state index >= 15 is 0 Å². The van der Waals surface area contributed by atoms with Crippen LogP contribution in [0.4, 0.5) is 10.5 Å². The van der Waals surface area contributed by atoms with Gasteiger partial charge >= 0.3 is 6.09 Å². The van der Waals surface area contributed by atoms with E-state index in [1.807, 2.05) is 0 Å². The van der Waals surface area contributed by atoms with Crippen molar-refractivity contribution >= 4 is 11.8 Å². The van der Waals surface area contributed by atoms with Crippen molar-refractivity contribution in [1.29, 1.82) is 0 Å². The summed E-state index contributed by atoms with van der Waals surface area (Å²) in [7, 11) is 1.49. The third-order valence-electron chi connectivity index (χ3n) is 1.55. The van der Waals surface area contributed by atoms with Crippen molar-refractivity contribution < 1.29 is 14.6 Å². The van der Waals surface area contributed by atoms with Gasteiger partial charge in [0.15, 0.2) is 0 Å². The number of carboxylic acid groups (broad SMARTS) is 1. The van der Waals surface area contributed by atoms with Crippen molar-refractivity contribution in [3.05, 3.63) is 18.3 Å². The Labute approximate surface area is 88.1 Å². The number of pyridine rings is 1. The number of hydrogen-bond donors (Lipinski definition) is 2. The fourth-order valence-electron chi connectivity index (χ4n) is 0.698. The number of ether oxygens (including phenoxy) is 1. The van der Waals surface area contributed by atoms with Gasteiger partial charge in [-0.3, -0.25) is 5.32 Å². The molecular weight excluding hydrogens is 196 g/mol. The van der Waals surface area contributed by atoms with Crippen LogP contribution in [0.5, 0.6) is 5.88 Å². The SMILES string of the molecule is C1CC1.COc1ccc(NC(=O)O)cn1. The lowest BCUT2D eigenvalue weighted by atomic mass is 10.4. The number of carbonyl (C=O) groups is 1. The molecule has 0 spiro atoms. The Morgan fingerprint density at radius 1 is 1.47 bits per heavy atom. The molecule has 1 aromatic heterocycles. The normalized spacial score (nSPS) is 12.1. The molecule has 1 heterocycles. The van der Waals surface area contributed by atoms with Crippen molar-refractivity contribution in [2.45, 2.75) is 19.3 Å². The quantitative estimate of drug-likeness (QED) is 0.785. The van der Waals surface area contributed by atoms with Crippen molar-refractivity contribution in [1.82, 2.24) is 4.98 Å². The number of hydrogen-bond acceptors (Lipinski definition) is 3. The summed E-state index contributed by atoms with van der Waals surface area (Å²) in [4.78, 5) is 14.0. The second kappa shape index (κ2) is 5.85. The summed E-state index contributed by atoms with van der Waals surface area (Å²) in [5.74, 6) is 0.450. The molecular formula is C10H14N2O3. The molecule has 0 aromatic carbocycles. The third-order valence-corrected chi connectivity index (χ3v) is 1.55. The van der Waals surface area contributed by atoms with Crippen LogP contribution in [0.25, 0.3) is 0 Å². The van der Waals surface area contributed by atoms with Gasteiger partial charge in [0.25, 0.3) is 0 Å². The van der Waals surface area contributed by atoms with Gasteiger partial charge in [0.1, 0.15) is 0 Å². The van der Waals surface area contributed by atoms with E-state index in [-0.39, 0.29) is 0 Å². The Balaban J connectivity index is 0.000000319. The highest BCUT2D eigenvalue weighted by Gasteiger charge is 1.97. The summed E-state index contributed by atoms with van der Waals surface area (Å²) in [6.45, 7) is 0. The van der Waals surface area contributed by atoms with E-state index in [4.69, 9.17) is 9.84 Å². The molecule has 5 heteroatoms. The average molecular weight is 210 g/mol. The predicted molar refractivity (Wildman–Crippen MR) is 56.3 cm³/mol. The molecule has 0 aliphatic heterocycles. The average Bonchev–Trinajstić information content (AvgIpc) is 3.05. The monoisotopic (exact) mass is 210 g/mol. The molecule has 2 rings (SSSR count). The minimum absolute atomic E-state index is 0.420. The molecule has 0 radical (unpaired) electrons. The first-order chi connectivity index (χ1) is 7.22. The molecule has 2 N–H and O–H groups in total. The summed E-state index contributed by atoms with van der Waals surface area (Å²) in [6, 6.07) is 3.14. The molecule has 1 saturated carbocycles. The third kappa shape index (κ3) is 5.51. The minimum Gasteiger partial charge on any atom is -0.481 e. The Morgan fingerprint density at radius 2 is 2.13 bits per heavy atom. The molecule has 1 fully saturated rings. The number of amides is 1. The van der Waals surface area contributed by atoms with Crippen LogP contribution in [0.2, 0.25) is 0 Å². The standard InChI is InChI=1S/C7H8N2O3.C3H6/c1-12-6-3-2-5(4-8-6)9-7(10)11;1-2-3-1/h2-4,9H,1H3,(H,10,11);1-3H2. The lowest BCUT2D eigenvalue weighted by Crippen LogP contribution is -2.07. The van der Waals surface area contributed by atoms with E-state index in [0.29, 0.717) is 11.6 Å². The summed E-state index contributed by atoms with van der Waals surface area (Å²) in [6.07, 6.45) is 4.77. The van der Waals surface area contributed by atoms with Gasteiger partial charge in [0.2, 0.25) is 5.88 Å². The van der Waals surface area contributed by atoms with Crippen LogP contribution in [-0.2, 0) is 0 Å². The van der Waals surface area contributed by atoms with Crippen molar-refractivity contribution in [3.8, 4) is 5.88 Å². The second-order valence-corrected chi connectivity index (χ2v) is 3.08. The van der Waals surface area contributed by atoms with Gasteiger partial charge in [0, 0.05) is 6.07 Å². The first-order valence-electron chi connectivity index (χ1n) is 4.72. The van der Waals surface area contributed by atoms with Crippen molar-refractivity contribution in [3.63, 3.8) is 0 Å². The Kier molecular flexibility index (Phi) is 4.40. The molecule has 0 atom stereocenters. The van der Waals surface area contributed by atoms with Crippen LogP contribution in [0.15, 0.2) is 18.3 Å². The van der Waals surface area contributed by atoms with E-state index in [9.17, 15) is 4.79 Å². The van der Waals surface area contributed by atoms with E-state index in [1.54, 1.807) is 12.1 Å². The molecule has 1 aliphatic carbocycles. The summed E-state index contributed by atoms with van der Waals surface area (Å²) >= 11 is 0. The summed E-state index contributed by atoms with van der Waals surface area (Å²) in [5, 5.41) is 10.5. The molecule has 0 saturated heterocycles. The largest absolute Gasteiger partial charge is 0.481 e. The Bertz CT molecular complexity index is 306. The minimum atomic E-state index is -1.11. The molecule has 5 nitrogen and oxygen atoms in total. The number of aromatic nitrogens is 1.